The zero-order valence-electron chi connectivity index (χ0n) is 13.7. The molecule has 0 saturated carbocycles. The maximum atomic E-state index is 12.2. The van der Waals surface area contributed by atoms with Crippen molar-refractivity contribution in [2.75, 3.05) is 6.54 Å². The summed E-state index contributed by atoms with van der Waals surface area (Å²) in [4.78, 5) is 26.7. The fourth-order valence-electron chi connectivity index (χ4n) is 2.70. The zero-order chi connectivity index (χ0) is 17.5. The first-order valence-corrected chi connectivity index (χ1v) is 8.21. The molecule has 0 bridgehead atoms. The van der Waals surface area contributed by atoms with Crippen LogP contribution in [-0.2, 0) is 16.0 Å². The quantitative estimate of drug-likeness (QED) is 0.393. The molecule has 0 saturated heterocycles. The number of fused-ring (bicyclic) bond motifs is 1. The number of hydrogen-bond donors (Lipinski definition) is 4. The summed E-state index contributed by atoms with van der Waals surface area (Å²) in [5, 5.41) is 14.9. The van der Waals surface area contributed by atoms with E-state index in [2.05, 4.69) is 21.8 Å². The molecule has 0 aliphatic carbocycles. The van der Waals surface area contributed by atoms with Crippen molar-refractivity contribution in [1.82, 2.24) is 10.3 Å². The highest BCUT2D eigenvalue weighted by atomic mass is 16.4. The highest BCUT2D eigenvalue weighted by Crippen LogP contribution is 2.19. The van der Waals surface area contributed by atoms with Gasteiger partial charge in [0, 0.05) is 29.9 Å². The van der Waals surface area contributed by atoms with E-state index in [4.69, 9.17) is 0 Å². The predicted octanol–water partition coefficient (Wildman–Crippen LogP) is -2.03. The maximum Gasteiger partial charge on any atom is 0.278 e. The Morgan fingerprint density at radius 2 is 2.00 bits per heavy atom. The van der Waals surface area contributed by atoms with Crippen molar-refractivity contribution in [3.8, 4) is 0 Å². The number of benzene rings is 1. The van der Waals surface area contributed by atoms with E-state index in [-0.39, 0.29) is 12.3 Å². The maximum absolute atomic E-state index is 12.2. The first-order valence-electron chi connectivity index (χ1n) is 8.21. The number of aromatic amines is 1. The minimum Gasteiger partial charge on any atom is -0.548 e. The molecule has 0 spiro atoms. The second kappa shape index (κ2) is 8.47. The summed E-state index contributed by atoms with van der Waals surface area (Å²) in [6, 6.07) is 6.08. The largest absolute Gasteiger partial charge is 0.548 e. The number of amides is 1. The highest BCUT2D eigenvalue weighted by molar-refractivity contribution is 5.87. The third-order valence-corrected chi connectivity index (χ3v) is 4.12. The van der Waals surface area contributed by atoms with Crippen LogP contribution in [0.3, 0.4) is 0 Å². The predicted molar refractivity (Wildman–Crippen MR) is 87.2 cm³/mol. The molecule has 1 amide bonds. The standard InChI is InChI=1S/C17H24N4O3/c18-8-4-3-6-13(19)16(22)21-15(17(23)24)9-11-10-20-14-7-2-1-5-12(11)14/h1-2,5,7,10,13,15,20H,3-4,6,8-9,18-19H2,(H,21,22)(H,23,24)/p+1/t13-,15-/m0/s1. The molecule has 0 aliphatic heterocycles. The lowest BCUT2D eigenvalue weighted by atomic mass is 10.0. The van der Waals surface area contributed by atoms with Gasteiger partial charge in [0.1, 0.15) is 0 Å². The van der Waals surface area contributed by atoms with Gasteiger partial charge in [-0.1, -0.05) is 18.2 Å². The molecule has 24 heavy (non-hydrogen) atoms. The van der Waals surface area contributed by atoms with Crippen LogP contribution in [0.2, 0.25) is 0 Å². The number of aromatic nitrogens is 1. The summed E-state index contributed by atoms with van der Waals surface area (Å²) >= 11 is 0. The monoisotopic (exact) mass is 333 g/mol. The Labute approximate surface area is 140 Å². The van der Waals surface area contributed by atoms with E-state index in [1.807, 2.05) is 24.3 Å². The third-order valence-electron chi connectivity index (χ3n) is 4.12. The zero-order valence-corrected chi connectivity index (χ0v) is 13.7. The molecule has 2 rings (SSSR count). The Morgan fingerprint density at radius 3 is 2.71 bits per heavy atom. The van der Waals surface area contributed by atoms with Gasteiger partial charge in [-0.05, 0) is 24.5 Å². The van der Waals surface area contributed by atoms with E-state index in [0.717, 1.165) is 35.9 Å². The molecule has 130 valence electrons. The number of quaternary nitrogens is 2. The lowest BCUT2D eigenvalue weighted by Crippen LogP contribution is -2.69. The topological polar surface area (TPSA) is 140 Å². The van der Waals surface area contributed by atoms with Crippen LogP contribution in [0.1, 0.15) is 24.8 Å². The van der Waals surface area contributed by atoms with Crippen LogP contribution in [-0.4, -0.2) is 35.5 Å². The summed E-state index contributed by atoms with van der Waals surface area (Å²) < 4.78 is 0. The Morgan fingerprint density at radius 1 is 1.25 bits per heavy atom. The van der Waals surface area contributed by atoms with E-state index >= 15 is 0 Å². The Hall–Kier alpha value is -2.38. The van der Waals surface area contributed by atoms with Crippen molar-refractivity contribution in [3.63, 3.8) is 0 Å². The normalized spacial score (nSPS) is 13.6. The van der Waals surface area contributed by atoms with Gasteiger partial charge in [-0.3, -0.25) is 4.79 Å². The molecule has 0 fully saturated rings. The molecule has 0 aliphatic rings. The van der Waals surface area contributed by atoms with Crippen molar-refractivity contribution in [3.05, 3.63) is 36.0 Å². The van der Waals surface area contributed by atoms with E-state index in [1.54, 1.807) is 6.20 Å². The van der Waals surface area contributed by atoms with Crippen molar-refractivity contribution >= 4 is 22.8 Å². The van der Waals surface area contributed by atoms with Crippen LogP contribution in [0.4, 0.5) is 0 Å². The number of nitrogens with one attached hydrogen (secondary N) is 2. The van der Waals surface area contributed by atoms with Gasteiger partial charge in [0.15, 0.2) is 6.04 Å². The number of carbonyl (C=O) groups is 2. The van der Waals surface area contributed by atoms with Crippen molar-refractivity contribution in [2.45, 2.75) is 37.8 Å². The van der Waals surface area contributed by atoms with Crippen molar-refractivity contribution in [2.24, 2.45) is 0 Å². The van der Waals surface area contributed by atoms with E-state index < -0.39 is 18.1 Å². The second-order valence-electron chi connectivity index (χ2n) is 5.99. The molecule has 0 unspecified atom stereocenters. The Bertz CT molecular complexity index is 698. The summed E-state index contributed by atoms with van der Waals surface area (Å²) in [6.45, 7) is 0.816. The SMILES string of the molecule is [NH3+]CCCC[C@H]([NH3+])C(=O)N[C@@H](Cc1c[nH]c2ccccc12)C(=O)[O-]. The lowest BCUT2D eigenvalue weighted by Gasteiger charge is -2.20. The molecular weight excluding hydrogens is 308 g/mol. The number of carboxylic acid groups (broad SMARTS) is 1. The lowest BCUT2D eigenvalue weighted by molar-refractivity contribution is -0.406. The van der Waals surface area contributed by atoms with Crippen LogP contribution in [0, 0.1) is 0 Å². The molecule has 7 heteroatoms. The van der Waals surface area contributed by atoms with Crippen LogP contribution in [0.15, 0.2) is 30.5 Å². The molecule has 1 heterocycles. The van der Waals surface area contributed by atoms with Gasteiger partial charge in [-0.25, -0.2) is 0 Å². The third kappa shape index (κ3) is 4.56. The number of carboxylic acids is 1. The van der Waals surface area contributed by atoms with E-state index in [9.17, 15) is 14.7 Å². The Balaban J connectivity index is 2.02. The summed E-state index contributed by atoms with van der Waals surface area (Å²) in [7, 11) is 0. The fourth-order valence-corrected chi connectivity index (χ4v) is 2.70. The van der Waals surface area contributed by atoms with Gasteiger partial charge in [0.05, 0.1) is 18.6 Å². The van der Waals surface area contributed by atoms with Crippen LogP contribution in [0.5, 0.6) is 0 Å². The van der Waals surface area contributed by atoms with Gasteiger partial charge in [-0.2, -0.15) is 0 Å². The number of aliphatic carboxylic acids is 1. The van der Waals surface area contributed by atoms with Gasteiger partial charge in [0.25, 0.3) is 5.91 Å². The minimum absolute atomic E-state index is 0.170. The summed E-state index contributed by atoms with van der Waals surface area (Å²) in [6.07, 6.45) is 4.34. The smallest absolute Gasteiger partial charge is 0.278 e. The van der Waals surface area contributed by atoms with Crippen LogP contribution < -0.4 is 21.9 Å². The molecule has 0 radical (unpaired) electrons. The van der Waals surface area contributed by atoms with Crippen molar-refractivity contribution in [1.29, 1.82) is 0 Å². The Kier molecular flexibility index (Phi) is 6.34. The summed E-state index contributed by atoms with van der Waals surface area (Å²) in [5.74, 6) is -1.65. The number of para-hydroxylation sites is 1. The summed E-state index contributed by atoms with van der Waals surface area (Å²) in [5.41, 5.74) is 9.33. The molecule has 2 atom stereocenters. The molecule has 8 N–H and O–H groups in total. The number of unbranched alkanes of at least 4 members (excludes halogenated alkanes) is 1. The van der Waals surface area contributed by atoms with E-state index in [0.29, 0.717) is 6.42 Å². The second-order valence-corrected chi connectivity index (χ2v) is 5.99. The number of hydrogen-bond acceptors (Lipinski definition) is 3. The highest BCUT2D eigenvalue weighted by Gasteiger charge is 2.22. The van der Waals surface area contributed by atoms with Gasteiger partial charge < -0.3 is 31.7 Å². The van der Waals surface area contributed by atoms with Gasteiger partial charge in [0.2, 0.25) is 0 Å². The molecular formula is C17H25N4O3+. The first kappa shape index (κ1) is 18.0. The molecule has 1 aromatic carbocycles. The minimum atomic E-state index is -1.29. The first-order chi connectivity index (χ1) is 11.5. The van der Waals surface area contributed by atoms with Crippen molar-refractivity contribution < 1.29 is 26.2 Å². The van der Waals surface area contributed by atoms with Crippen LogP contribution >= 0.6 is 0 Å². The molecule has 1 aromatic heterocycles. The molecule has 7 nitrogen and oxygen atoms in total. The average Bonchev–Trinajstić information content (AvgIpc) is 2.97. The number of carbonyl (C=O) groups excluding carboxylic acids is 2. The van der Waals surface area contributed by atoms with Gasteiger partial charge in [-0.15, -0.1) is 0 Å². The number of rotatable bonds is 9. The van der Waals surface area contributed by atoms with Crippen LogP contribution in [0.25, 0.3) is 10.9 Å². The van der Waals surface area contributed by atoms with Gasteiger partial charge >= 0.3 is 0 Å². The average molecular weight is 333 g/mol. The number of H-pyrrole nitrogens is 1. The fraction of sp³-hybridized carbons (Fsp3) is 0.412. The van der Waals surface area contributed by atoms with E-state index in [1.165, 1.54) is 0 Å². The molecule has 2 aromatic rings.